The fraction of sp³-hybridized carbons (Fsp3) is 0.286. The van der Waals surface area contributed by atoms with Crippen molar-refractivity contribution in [2.24, 2.45) is 0 Å². The molecule has 0 bridgehead atoms. The first-order valence-corrected chi connectivity index (χ1v) is 9.61. The van der Waals surface area contributed by atoms with Gasteiger partial charge in [0, 0.05) is 11.4 Å². The van der Waals surface area contributed by atoms with E-state index in [0.29, 0.717) is 22.8 Å². The van der Waals surface area contributed by atoms with Gasteiger partial charge in [-0.3, -0.25) is 0 Å². The summed E-state index contributed by atoms with van der Waals surface area (Å²) in [6, 6.07) is 7.67. The van der Waals surface area contributed by atoms with Crippen LogP contribution in [0, 0.1) is 0 Å². The molecule has 0 radical (unpaired) electrons. The predicted octanol–water partition coefficient (Wildman–Crippen LogP) is 4.67. The molecule has 0 unspecified atom stereocenters. The zero-order chi connectivity index (χ0) is 20.1. The van der Waals surface area contributed by atoms with Gasteiger partial charge in [0.1, 0.15) is 5.82 Å². The molecule has 0 fully saturated rings. The van der Waals surface area contributed by atoms with Crippen molar-refractivity contribution < 1.29 is 9.90 Å². The molecule has 7 heteroatoms. The van der Waals surface area contributed by atoms with Crippen LogP contribution in [0.15, 0.2) is 43.0 Å². The number of allylic oxidation sites excluding steroid dienone is 1. The van der Waals surface area contributed by atoms with Gasteiger partial charge in [0.15, 0.2) is 0 Å². The summed E-state index contributed by atoms with van der Waals surface area (Å²) >= 11 is 6.37. The molecule has 0 spiro atoms. The fourth-order valence-corrected chi connectivity index (χ4v) is 3.41. The number of rotatable bonds is 8. The highest BCUT2D eigenvalue weighted by molar-refractivity contribution is 6.31. The van der Waals surface area contributed by atoms with Crippen molar-refractivity contribution in [1.29, 1.82) is 0 Å². The zero-order valence-corrected chi connectivity index (χ0v) is 16.7. The van der Waals surface area contributed by atoms with E-state index < -0.39 is 5.97 Å². The predicted molar refractivity (Wildman–Crippen MR) is 110 cm³/mol. The van der Waals surface area contributed by atoms with Crippen LogP contribution in [0.1, 0.15) is 49.5 Å². The average molecular weight is 399 g/mol. The van der Waals surface area contributed by atoms with Gasteiger partial charge in [-0.2, -0.15) is 0 Å². The van der Waals surface area contributed by atoms with Gasteiger partial charge in [0.25, 0.3) is 0 Å². The molecule has 6 nitrogen and oxygen atoms in total. The first-order valence-electron chi connectivity index (χ1n) is 9.24. The average Bonchev–Trinajstić information content (AvgIpc) is 3.32. The smallest absolute Gasteiger partial charge is 0.338 e. The Morgan fingerprint density at radius 3 is 2.71 bits per heavy atom. The van der Waals surface area contributed by atoms with Crippen LogP contribution in [0.3, 0.4) is 0 Å². The minimum Gasteiger partial charge on any atom is -0.478 e. The van der Waals surface area contributed by atoms with Crippen molar-refractivity contribution in [2.45, 2.75) is 39.7 Å². The van der Waals surface area contributed by atoms with Crippen molar-refractivity contribution in [3.63, 3.8) is 0 Å². The van der Waals surface area contributed by atoms with Crippen LogP contribution >= 0.6 is 11.6 Å². The van der Waals surface area contributed by atoms with Crippen LogP contribution in [0.4, 0.5) is 0 Å². The monoisotopic (exact) mass is 398 g/mol. The normalized spacial score (nSPS) is 12.1. The molecule has 28 heavy (non-hydrogen) atoms. The van der Waals surface area contributed by atoms with E-state index in [1.165, 1.54) is 12.5 Å². The molecule has 3 aromatic rings. The Labute approximate surface area is 168 Å². The Kier molecular flexibility index (Phi) is 6.31. The molecule has 0 saturated carbocycles. The van der Waals surface area contributed by atoms with E-state index in [1.54, 1.807) is 13.1 Å². The van der Waals surface area contributed by atoms with Crippen LogP contribution in [0.5, 0.6) is 0 Å². The summed E-state index contributed by atoms with van der Waals surface area (Å²) in [7, 11) is 0. The number of H-pyrrole nitrogens is 1. The summed E-state index contributed by atoms with van der Waals surface area (Å²) in [5, 5.41) is 10.5. The number of carbonyl (C=O) groups is 1. The van der Waals surface area contributed by atoms with Crippen molar-refractivity contribution in [3.05, 3.63) is 70.8 Å². The van der Waals surface area contributed by atoms with E-state index in [4.69, 9.17) is 11.6 Å². The topological polar surface area (TPSA) is 83.8 Å². The van der Waals surface area contributed by atoms with E-state index in [1.807, 2.05) is 24.3 Å². The number of hydrogen-bond donors (Lipinski definition) is 2. The minimum atomic E-state index is -1.01. The lowest BCUT2D eigenvalue weighted by molar-refractivity contribution is -0.130. The maximum absolute atomic E-state index is 12.0. The lowest BCUT2D eigenvalue weighted by atomic mass is 10.0. The van der Waals surface area contributed by atoms with Gasteiger partial charge in [-0.15, -0.1) is 0 Å². The van der Waals surface area contributed by atoms with Crippen LogP contribution in [-0.4, -0.2) is 30.6 Å². The number of aliphatic carboxylic acids is 1. The quantitative estimate of drug-likeness (QED) is 0.540. The summed E-state index contributed by atoms with van der Waals surface area (Å²) in [6.07, 6.45) is 7.61. The second-order valence-electron chi connectivity index (χ2n) is 6.61. The number of aromatic nitrogens is 4. The van der Waals surface area contributed by atoms with Crippen LogP contribution in [0.25, 0.3) is 11.1 Å². The number of nitrogens with zero attached hydrogens (tertiary/aromatic N) is 3. The Hall–Kier alpha value is -2.86. The lowest BCUT2D eigenvalue weighted by Crippen LogP contribution is -2.11. The second kappa shape index (κ2) is 8.89. The SMILES string of the molecule is CCCCc1ncc(/C(C)=C(/C(=O)O)c2cnc[nH]2)n1Cc1ccccc1Cl. The van der Waals surface area contributed by atoms with Crippen molar-refractivity contribution in [2.75, 3.05) is 0 Å². The summed E-state index contributed by atoms with van der Waals surface area (Å²) in [5.74, 6) is -0.0900. The highest BCUT2D eigenvalue weighted by Gasteiger charge is 2.21. The largest absolute Gasteiger partial charge is 0.478 e. The minimum absolute atomic E-state index is 0.180. The molecule has 146 valence electrons. The van der Waals surface area contributed by atoms with Crippen molar-refractivity contribution >= 4 is 28.7 Å². The second-order valence-corrected chi connectivity index (χ2v) is 7.02. The van der Waals surface area contributed by atoms with E-state index in [-0.39, 0.29) is 5.57 Å². The van der Waals surface area contributed by atoms with Gasteiger partial charge >= 0.3 is 5.97 Å². The van der Waals surface area contributed by atoms with Crippen LogP contribution < -0.4 is 0 Å². The number of imidazole rings is 2. The molecule has 0 amide bonds. The maximum Gasteiger partial charge on any atom is 0.338 e. The molecule has 0 saturated heterocycles. The molecule has 2 aromatic heterocycles. The number of carboxylic acids is 1. The third-order valence-electron chi connectivity index (χ3n) is 4.72. The molecule has 0 aliphatic carbocycles. The number of aromatic amines is 1. The number of nitrogens with one attached hydrogen (secondary N) is 1. The number of unbranched alkanes of at least 4 members (excludes halogenated alkanes) is 1. The molecule has 0 atom stereocenters. The van der Waals surface area contributed by atoms with Gasteiger partial charge in [0.05, 0.1) is 42.2 Å². The highest BCUT2D eigenvalue weighted by atomic mass is 35.5. The van der Waals surface area contributed by atoms with E-state index in [2.05, 4.69) is 26.4 Å². The number of benzene rings is 1. The summed E-state index contributed by atoms with van der Waals surface area (Å²) in [6.45, 7) is 4.46. The zero-order valence-electron chi connectivity index (χ0n) is 15.9. The van der Waals surface area contributed by atoms with Gasteiger partial charge in [0.2, 0.25) is 0 Å². The van der Waals surface area contributed by atoms with Gasteiger partial charge in [-0.25, -0.2) is 14.8 Å². The van der Waals surface area contributed by atoms with E-state index in [0.717, 1.165) is 36.3 Å². The summed E-state index contributed by atoms with van der Waals surface area (Å²) in [5.41, 5.74) is 3.00. The number of halogens is 1. The first kappa shape index (κ1) is 19.9. The van der Waals surface area contributed by atoms with E-state index in [9.17, 15) is 9.90 Å². The summed E-state index contributed by atoms with van der Waals surface area (Å²) < 4.78 is 2.06. The number of carboxylic acid groups (broad SMARTS) is 1. The molecule has 2 heterocycles. The molecule has 1 aromatic carbocycles. The molecule has 0 aliphatic heterocycles. The Morgan fingerprint density at radius 2 is 2.07 bits per heavy atom. The van der Waals surface area contributed by atoms with Gasteiger partial charge in [-0.1, -0.05) is 43.1 Å². The van der Waals surface area contributed by atoms with Crippen molar-refractivity contribution in [1.82, 2.24) is 19.5 Å². The van der Waals surface area contributed by atoms with E-state index >= 15 is 0 Å². The van der Waals surface area contributed by atoms with Gasteiger partial charge < -0.3 is 14.7 Å². The Balaban J connectivity index is 2.12. The number of aryl methyl sites for hydroxylation is 1. The first-order chi connectivity index (χ1) is 13.5. The van der Waals surface area contributed by atoms with Crippen LogP contribution in [-0.2, 0) is 17.8 Å². The molecular formula is C21H23ClN4O2. The molecule has 3 rings (SSSR count). The number of hydrogen-bond acceptors (Lipinski definition) is 3. The van der Waals surface area contributed by atoms with Gasteiger partial charge in [-0.05, 0) is 30.5 Å². The van der Waals surface area contributed by atoms with Crippen molar-refractivity contribution in [3.8, 4) is 0 Å². The lowest BCUT2D eigenvalue weighted by Gasteiger charge is -2.15. The highest BCUT2D eigenvalue weighted by Crippen LogP contribution is 2.28. The molecule has 0 aliphatic rings. The molecule has 2 N–H and O–H groups in total. The Morgan fingerprint density at radius 1 is 1.29 bits per heavy atom. The fourth-order valence-electron chi connectivity index (χ4n) is 3.22. The standard InChI is InChI=1S/C21H23ClN4O2/c1-3-4-9-19-24-11-18(26(19)12-15-7-5-6-8-16(15)22)14(2)20(21(27)28)17-10-23-13-25-17/h5-8,10-11,13H,3-4,9,12H2,1-2H3,(H,23,25)(H,27,28)/b20-14+. The summed E-state index contributed by atoms with van der Waals surface area (Å²) in [4.78, 5) is 23.4. The molecular weight excluding hydrogens is 376 g/mol. The third kappa shape index (κ3) is 4.17. The van der Waals surface area contributed by atoms with Crippen LogP contribution in [0.2, 0.25) is 5.02 Å². The third-order valence-corrected chi connectivity index (χ3v) is 5.09. The maximum atomic E-state index is 12.0. The Bertz CT molecular complexity index is 990.